The van der Waals surface area contributed by atoms with Crippen LogP contribution in [0.2, 0.25) is 0 Å². The van der Waals surface area contributed by atoms with Gasteiger partial charge in [-0.3, -0.25) is 4.79 Å². The van der Waals surface area contributed by atoms with E-state index < -0.39 is 0 Å². The Morgan fingerprint density at radius 2 is 2.38 bits per heavy atom. The fraction of sp³-hybridized carbons (Fsp3) is 0.167. The molecule has 0 saturated heterocycles. The van der Waals surface area contributed by atoms with Gasteiger partial charge in [0.15, 0.2) is 5.78 Å². The summed E-state index contributed by atoms with van der Waals surface area (Å²) >= 11 is 1.54. The van der Waals surface area contributed by atoms with Gasteiger partial charge in [-0.15, -0.1) is 11.8 Å². The number of allylic oxidation sites excluding steroid dienone is 2. The summed E-state index contributed by atoms with van der Waals surface area (Å²) in [5.74, 6) is 0.186. The van der Waals surface area contributed by atoms with Gasteiger partial charge in [-0.05, 0) is 16.9 Å². The van der Waals surface area contributed by atoms with E-state index in [9.17, 15) is 4.79 Å². The van der Waals surface area contributed by atoms with Crippen LogP contribution in [0.15, 0.2) is 23.0 Å². The van der Waals surface area contributed by atoms with Gasteiger partial charge in [0.2, 0.25) is 0 Å². The molecule has 2 heteroatoms. The summed E-state index contributed by atoms with van der Waals surface area (Å²) in [7, 11) is 0. The number of thioether (sulfide) groups is 1. The number of carbonyl (C=O) groups excluding carboxylic acids is 1. The summed E-state index contributed by atoms with van der Waals surface area (Å²) in [6.45, 7) is 0. The van der Waals surface area contributed by atoms with E-state index in [1.807, 2.05) is 11.5 Å². The molecule has 0 unspecified atom stereocenters. The van der Waals surface area contributed by atoms with Gasteiger partial charge in [-0.1, -0.05) is 6.08 Å². The Morgan fingerprint density at radius 1 is 1.50 bits per heavy atom. The number of ketones is 1. The fourth-order valence-corrected chi connectivity index (χ4v) is 0.977. The molecule has 0 N–H and O–H groups in total. The zero-order valence-corrected chi connectivity index (χ0v) is 5.15. The molecule has 1 aliphatic rings. The Hall–Kier alpha value is -0.500. The molecule has 42 valence electrons. The van der Waals surface area contributed by atoms with Crippen LogP contribution in [0.4, 0.5) is 0 Å². The molecular formula is C6H6OS. The summed E-state index contributed by atoms with van der Waals surface area (Å²) in [6.07, 6.45) is 4.03. The van der Waals surface area contributed by atoms with Crippen molar-refractivity contribution in [3.8, 4) is 0 Å². The van der Waals surface area contributed by atoms with E-state index in [4.69, 9.17) is 0 Å². The van der Waals surface area contributed by atoms with Gasteiger partial charge in [-0.2, -0.15) is 0 Å². The molecule has 8 heavy (non-hydrogen) atoms. The molecule has 0 bridgehead atoms. The van der Waals surface area contributed by atoms with Crippen LogP contribution in [-0.4, -0.2) is 5.78 Å². The van der Waals surface area contributed by atoms with Gasteiger partial charge in [-0.25, -0.2) is 0 Å². The smallest absolute Gasteiger partial charge is 0.159 e. The molecule has 1 nitrogen and oxygen atoms in total. The molecule has 0 spiro atoms. The highest BCUT2D eigenvalue weighted by molar-refractivity contribution is 8.04. The van der Waals surface area contributed by atoms with Crippen LogP contribution in [0.5, 0.6) is 0 Å². The topological polar surface area (TPSA) is 17.1 Å². The number of carbonyl (C=O) groups is 1. The molecule has 0 aromatic carbocycles. The molecule has 0 amide bonds. The molecular weight excluding hydrogens is 120 g/mol. The van der Waals surface area contributed by atoms with Crippen molar-refractivity contribution in [3.05, 3.63) is 23.0 Å². The molecule has 0 radical (unpaired) electrons. The molecule has 0 saturated carbocycles. The van der Waals surface area contributed by atoms with Crippen molar-refractivity contribution in [1.29, 1.82) is 0 Å². The molecule has 0 aromatic rings. The highest BCUT2D eigenvalue weighted by Crippen LogP contribution is 2.08. The quantitative estimate of drug-likeness (QED) is 0.491. The maximum absolute atomic E-state index is 10.5. The third kappa shape index (κ3) is 1.54. The monoisotopic (exact) mass is 126 g/mol. The maximum atomic E-state index is 10.5. The average molecular weight is 126 g/mol. The van der Waals surface area contributed by atoms with Crippen LogP contribution in [0.3, 0.4) is 0 Å². The molecule has 0 atom stereocenters. The number of rotatable bonds is 0. The highest BCUT2D eigenvalue weighted by Gasteiger charge is 1.92. The molecule has 1 rings (SSSR count). The summed E-state index contributed by atoms with van der Waals surface area (Å²) in [6, 6.07) is 0. The first kappa shape index (κ1) is 5.63. The van der Waals surface area contributed by atoms with E-state index in [-0.39, 0.29) is 5.78 Å². The van der Waals surface area contributed by atoms with E-state index in [0.29, 0.717) is 6.42 Å². The zero-order chi connectivity index (χ0) is 5.82. The third-order valence-corrected chi connectivity index (χ3v) is 1.47. The standard InChI is InChI=1S/C6H6OS/c7-6-2-1-4-8-5-3-6/h1,3-5H,2H2. The molecule has 0 aliphatic carbocycles. The molecule has 0 aromatic heterocycles. The van der Waals surface area contributed by atoms with Gasteiger partial charge in [0.05, 0.1) is 0 Å². The van der Waals surface area contributed by atoms with Crippen LogP contribution in [-0.2, 0) is 4.79 Å². The number of hydrogen-bond donors (Lipinski definition) is 0. The zero-order valence-electron chi connectivity index (χ0n) is 4.33. The second kappa shape index (κ2) is 2.72. The Bertz CT molecular complexity index is 147. The van der Waals surface area contributed by atoms with Crippen LogP contribution in [0.1, 0.15) is 6.42 Å². The van der Waals surface area contributed by atoms with Crippen molar-refractivity contribution in [2.75, 3.05) is 0 Å². The van der Waals surface area contributed by atoms with E-state index in [2.05, 4.69) is 0 Å². The van der Waals surface area contributed by atoms with E-state index in [0.717, 1.165) is 0 Å². The second-order valence-electron chi connectivity index (χ2n) is 1.48. The summed E-state index contributed by atoms with van der Waals surface area (Å²) in [4.78, 5) is 10.5. The first-order valence-electron chi connectivity index (χ1n) is 2.39. The van der Waals surface area contributed by atoms with Gasteiger partial charge in [0.25, 0.3) is 0 Å². The van der Waals surface area contributed by atoms with Gasteiger partial charge < -0.3 is 0 Å². The van der Waals surface area contributed by atoms with Gasteiger partial charge >= 0.3 is 0 Å². The first-order valence-corrected chi connectivity index (χ1v) is 3.34. The summed E-state index contributed by atoms with van der Waals surface area (Å²) < 4.78 is 0. The minimum Gasteiger partial charge on any atom is -0.294 e. The predicted octanol–water partition coefficient (Wildman–Crippen LogP) is 1.72. The lowest BCUT2D eigenvalue weighted by atomic mass is 10.3. The average Bonchev–Trinajstić information content (AvgIpc) is 1.94. The maximum Gasteiger partial charge on any atom is 0.159 e. The summed E-state index contributed by atoms with van der Waals surface area (Å²) in [5.41, 5.74) is 0. The van der Waals surface area contributed by atoms with Gasteiger partial charge in [0.1, 0.15) is 0 Å². The SMILES string of the molecule is O=C1C=CSC=CC1. The lowest BCUT2D eigenvalue weighted by Gasteiger charge is -1.77. The minimum atomic E-state index is 0.186. The second-order valence-corrected chi connectivity index (χ2v) is 2.30. The lowest BCUT2D eigenvalue weighted by molar-refractivity contribution is -0.113. The molecule has 0 fully saturated rings. The van der Waals surface area contributed by atoms with Crippen molar-refractivity contribution in [2.45, 2.75) is 6.42 Å². The van der Waals surface area contributed by atoms with Crippen LogP contribution >= 0.6 is 11.8 Å². The van der Waals surface area contributed by atoms with Crippen molar-refractivity contribution < 1.29 is 4.79 Å². The molecule has 1 aliphatic heterocycles. The van der Waals surface area contributed by atoms with E-state index in [1.165, 1.54) is 11.8 Å². The van der Waals surface area contributed by atoms with Crippen LogP contribution < -0.4 is 0 Å². The van der Waals surface area contributed by atoms with Crippen LogP contribution in [0, 0.1) is 0 Å². The third-order valence-electron chi connectivity index (χ3n) is 0.826. The first-order chi connectivity index (χ1) is 3.89. The Balaban J connectivity index is 2.61. The van der Waals surface area contributed by atoms with Crippen molar-refractivity contribution in [2.24, 2.45) is 0 Å². The van der Waals surface area contributed by atoms with Gasteiger partial charge in [0, 0.05) is 6.42 Å². The Morgan fingerprint density at radius 3 is 3.25 bits per heavy atom. The predicted molar refractivity (Wildman–Crippen MR) is 35.5 cm³/mol. The van der Waals surface area contributed by atoms with Crippen molar-refractivity contribution >= 4 is 17.5 Å². The minimum absolute atomic E-state index is 0.186. The van der Waals surface area contributed by atoms with Crippen LogP contribution in [0.25, 0.3) is 0 Å². The Kier molecular flexibility index (Phi) is 1.92. The van der Waals surface area contributed by atoms with Crippen molar-refractivity contribution in [1.82, 2.24) is 0 Å². The fourth-order valence-electron chi connectivity index (χ4n) is 0.448. The largest absolute Gasteiger partial charge is 0.294 e. The summed E-state index contributed by atoms with van der Waals surface area (Å²) in [5, 5.41) is 3.72. The normalized spacial score (nSPS) is 18.8. The number of hydrogen-bond acceptors (Lipinski definition) is 2. The lowest BCUT2D eigenvalue weighted by Crippen LogP contribution is -1.85. The Labute approximate surface area is 52.5 Å². The van der Waals surface area contributed by atoms with E-state index >= 15 is 0 Å². The van der Waals surface area contributed by atoms with E-state index in [1.54, 1.807) is 11.5 Å². The molecule has 1 heterocycles. The highest BCUT2D eigenvalue weighted by atomic mass is 32.2. The van der Waals surface area contributed by atoms with Crippen molar-refractivity contribution in [3.63, 3.8) is 0 Å².